The van der Waals surface area contributed by atoms with Gasteiger partial charge in [-0.2, -0.15) is 0 Å². The van der Waals surface area contributed by atoms with Gasteiger partial charge in [-0.3, -0.25) is 4.79 Å². The molecule has 0 saturated heterocycles. The Hall–Kier alpha value is -0.900. The number of nitrogens with one attached hydrogen (secondary N) is 1. The lowest BCUT2D eigenvalue weighted by molar-refractivity contribution is -0.116. The molecule has 0 bridgehead atoms. The van der Waals surface area contributed by atoms with Gasteiger partial charge in [-0.05, 0) is 30.9 Å². The van der Waals surface area contributed by atoms with Crippen molar-refractivity contribution in [1.82, 2.24) is 4.98 Å². The van der Waals surface area contributed by atoms with Crippen molar-refractivity contribution in [3.8, 4) is 0 Å². The van der Waals surface area contributed by atoms with Crippen LogP contribution in [0.1, 0.15) is 51.4 Å². The second kappa shape index (κ2) is 7.63. The average molecular weight is 325 g/mol. The molecule has 104 valence electrons. The van der Waals surface area contributed by atoms with Crippen LogP contribution in [0.3, 0.4) is 0 Å². The minimum atomic E-state index is 0.0707. The quantitative estimate of drug-likeness (QED) is 0.864. The molecule has 1 heterocycles. The summed E-state index contributed by atoms with van der Waals surface area (Å²) in [7, 11) is 0. The molecule has 0 spiro atoms. The van der Waals surface area contributed by atoms with Crippen molar-refractivity contribution in [3.05, 3.63) is 22.8 Å². The number of carbonyl (C=O) groups excluding carboxylic acids is 1. The number of carbonyl (C=O) groups is 1. The molecule has 0 aromatic carbocycles. The van der Waals surface area contributed by atoms with Crippen LogP contribution < -0.4 is 5.32 Å². The number of hydrogen-bond acceptors (Lipinski definition) is 2. The number of anilines is 1. The number of amides is 1. The van der Waals surface area contributed by atoms with E-state index in [2.05, 4.69) is 26.2 Å². The van der Waals surface area contributed by atoms with Crippen LogP contribution in [0.25, 0.3) is 0 Å². The van der Waals surface area contributed by atoms with Crippen LogP contribution in [0.2, 0.25) is 0 Å². The Morgan fingerprint density at radius 3 is 2.89 bits per heavy atom. The number of nitrogens with zero attached hydrogens (tertiary/aromatic N) is 1. The summed E-state index contributed by atoms with van der Waals surface area (Å²) in [6.07, 6.45) is 11.3. The molecule has 1 aromatic heterocycles. The molecule has 3 nitrogen and oxygen atoms in total. The summed E-state index contributed by atoms with van der Waals surface area (Å²) >= 11 is 3.37. The van der Waals surface area contributed by atoms with Gasteiger partial charge in [0.05, 0.1) is 0 Å². The van der Waals surface area contributed by atoms with Gasteiger partial charge in [0, 0.05) is 17.1 Å². The van der Waals surface area contributed by atoms with Gasteiger partial charge in [-0.1, -0.05) is 48.0 Å². The fraction of sp³-hybridized carbons (Fsp3) is 0.600. The summed E-state index contributed by atoms with van der Waals surface area (Å²) in [6, 6.07) is 3.66. The lowest BCUT2D eigenvalue weighted by Crippen LogP contribution is -2.13. The fourth-order valence-corrected chi connectivity index (χ4v) is 3.04. The zero-order valence-corrected chi connectivity index (χ0v) is 12.8. The highest BCUT2D eigenvalue weighted by atomic mass is 79.9. The lowest BCUT2D eigenvalue weighted by atomic mass is 9.86. The van der Waals surface area contributed by atoms with E-state index in [1.807, 2.05) is 12.1 Å². The van der Waals surface area contributed by atoms with Gasteiger partial charge in [0.1, 0.15) is 5.82 Å². The first-order chi connectivity index (χ1) is 9.24. The third kappa shape index (κ3) is 5.31. The molecule has 19 heavy (non-hydrogen) atoms. The number of pyridine rings is 1. The zero-order valence-electron chi connectivity index (χ0n) is 11.2. The largest absolute Gasteiger partial charge is 0.311 e. The third-order valence-corrected chi connectivity index (χ3v) is 4.22. The predicted octanol–water partition coefficient (Wildman–Crippen LogP) is 4.53. The van der Waals surface area contributed by atoms with E-state index in [1.54, 1.807) is 6.20 Å². The number of hydrogen-bond donors (Lipinski definition) is 1. The molecule has 4 heteroatoms. The SMILES string of the molecule is O=C(CCCC1CCCCC1)Nc1cc(Br)ccn1. The first kappa shape index (κ1) is 14.5. The smallest absolute Gasteiger partial charge is 0.225 e. The Balaban J connectivity index is 1.67. The van der Waals surface area contributed by atoms with Crippen LogP contribution >= 0.6 is 15.9 Å². The van der Waals surface area contributed by atoms with Gasteiger partial charge in [0.15, 0.2) is 0 Å². The standard InChI is InChI=1S/C15H21BrN2O/c16-13-9-10-17-14(11-13)18-15(19)8-4-7-12-5-2-1-3-6-12/h9-12H,1-8H2,(H,17,18,19). The molecular weight excluding hydrogens is 304 g/mol. The zero-order chi connectivity index (χ0) is 13.5. The van der Waals surface area contributed by atoms with E-state index in [4.69, 9.17) is 0 Å². The molecule has 1 amide bonds. The summed E-state index contributed by atoms with van der Waals surface area (Å²) in [5.74, 6) is 1.55. The van der Waals surface area contributed by atoms with E-state index in [0.29, 0.717) is 12.2 Å². The summed E-state index contributed by atoms with van der Waals surface area (Å²) < 4.78 is 0.931. The summed E-state index contributed by atoms with van der Waals surface area (Å²) in [6.45, 7) is 0. The van der Waals surface area contributed by atoms with E-state index in [9.17, 15) is 4.79 Å². The molecule has 1 aliphatic carbocycles. The van der Waals surface area contributed by atoms with E-state index in [0.717, 1.165) is 16.8 Å². The fourth-order valence-electron chi connectivity index (χ4n) is 2.71. The highest BCUT2D eigenvalue weighted by Crippen LogP contribution is 2.27. The van der Waals surface area contributed by atoms with Crippen LogP contribution in [-0.4, -0.2) is 10.9 Å². The van der Waals surface area contributed by atoms with Crippen molar-refractivity contribution in [2.45, 2.75) is 51.4 Å². The number of rotatable bonds is 5. The van der Waals surface area contributed by atoms with Crippen molar-refractivity contribution in [2.24, 2.45) is 5.92 Å². The van der Waals surface area contributed by atoms with Crippen molar-refractivity contribution >= 4 is 27.7 Å². The Morgan fingerprint density at radius 1 is 1.37 bits per heavy atom. The molecule has 0 atom stereocenters. The highest BCUT2D eigenvalue weighted by molar-refractivity contribution is 9.10. The van der Waals surface area contributed by atoms with Crippen LogP contribution in [0.15, 0.2) is 22.8 Å². The topological polar surface area (TPSA) is 42.0 Å². The molecule has 1 saturated carbocycles. The minimum absolute atomic E-state index is 0.0707. The van der Waals surface area contributed by atoms with E-state index in [1.165, 1.54) is 38.5 Å². The average Bonchev–Trinajstić information content (AvgIpc) is 2.40. The minimum Gasteiger partial charge on any atom is -0.311 e. The summed E-state index contributed by atoms with van der Waals surface area (Å²) in [5.41, 5.74) is 0. The van der Waals surface area contributed by atoms with Crippen LogP contribution in [0.5, 0.6) is 0 Å². The molecule has 1 aliphatic rings. The van der Waals surface area contributed by atoms with E-state index < -0.39 is 0 Å². The Morgan fingerprint density at radius 2 is 2.16 bits per heavy atom. The van der Waals surface area contributed by atoms with Crippen molar-refractivity contribution in [3.63, 3.8) is 0 Å². The molecule has 2 rings (SSSR count). The van der Waals surface area contributed by atoms with Crippen LogP contribution in [0.4, 0.5) is 5.82 Å². The number of aromatic nitrogens is 1. The molecule has 0 radical (unpaired) electrons. The van der Waals surface area contributed by atoms with E-state index in [-0.39, 0.29) is 5.91 Å². The molecular formula is C15H21BrN2O. The first-order valence-electron chi connectivity index (χ1n) is 7.15. The van der Waals surface area contributed by atoms with Crippen molar-refractivity contribution < 1.29 is 4.79 Å². The molecule has 1 aromatic rings. The predicted molar refractivity (Wildman–Crippen MR) is 81.0 cm³/mol. The Kier molecular flexibility index (Phi) is 5.83. The van der Waals surface area contributed by atoms with Crippen molar-refractivity contribution in [1.29, 1.82) is 0 Å². The molecule has 0 unspecified atom stereocenters. The summed E-state index contributed by atoms with van der Waals surface area (Å²) in [5, 5.41) is 2.84. The van der Waals surface area contributed by atoms with Crippen LogP contribution in [0, 0.1) is 5.92 Å². The monoisotopic (exact) mass is 324 g/mol. The Labute approximate surface area is 123 Å². The Bertz CT molecular complexity index is 416. The second-order valence-electron chi connectivity index (χ2n) is 5.30. The lowest BCUT2D eigenvalue weighted by Gasteiger charge is -2.21. The molecule has 1 fully saturated rings. The van der Waals surface area contributed by atoms with Crippen LogP contribution in [-0.2, 0) is 4.79 Å². The summed E-state index contributed by atoms with van der Waals surface area (Å²) in [4.78, 5) is 15.9. The second-order valence-corrected chi connectivity index (χ2v) is 6.22. The normalized spacial score (nSPS) is 16.3. The maximum absolute atomic E-state index is 11.8. The van der Waals surface area contributed by atoms with Gasteiger partial charge >= 0.3 is 0 Å². The van der Waals surface area contributed by atoms with Gasteiger partial charge in [0.25, 0.3) is 0 Å². The van der Waals surface area contributed by atoms with Gasteiger partial charge in [-0.25, -0.2) is 4.98 Å². The molecule has 1 N–H and O–H groups in total. The van der Waals surface area contributed by atoms with Gasteiger partial charge in [-0.15, -0.1) is 0 Å². The number of halogens is 1. The van der Waals surface area contributed by atoms with Gasteiger partial charge < -0.3 is 5.32 Å². The van der Waals surface area contributed by atoms with Crippen molar-refractivity contribution in [2.75, 3.05) is 5.32 Å². The third-order valence-electron chi connectivity index (χ3n) is 3.73. The maximum atomic E-state index is 11.8. The maximum Gasteiger partial charge on any atom is 0.225 e. The van der Waals surface area contributed by atoms with Gasteiger partial charge in [0.2, 0.25) is 5.91 Å². The first-order valence-corrected chi connectivity index (χ1v) is 7.95. The highest BCUT2D eigenvalue weighted by Gasteiger charge is 2.13. The molecule has 0 aliphatic heterocycles. The van der Waals surface area contributed by atoms with E-state index >= 15 is 0 Å².